The molecule has 0 amide bonds. The Bertz CT molecular complexity index is 751. The van der Waals surface area contributed by atoms with E-state index in [0.717, 1.165) is 39.7 Å². The second-order valence-corrected chi connectivity index (χ2v) is 5.92. The van der Waals surface area contributed by atoms with Gasteiger partial charge in [0.05, 0.1) is 5.03 Å². The fourth-order valence-electron chi connectivity index (χ4n) is 2.55. The average Bonchev–Trinajstić information content (AvgIpc) is 2.97. The van der Waals surface area contributed by atoms with E-state index in [9.17, 15) is 4.79 Å². The molecule has 5 heteroatoms. The highest BCUT2D eigenvalue weighted by atomic mass is 32.2. The molecule has 2 aromatic rings. The number of nitrogens with zero attached hydrogens (tertiary/aromatic N) is 2. The Kier molecular flexibility index (Phi) is 3.84. The molecule has 1 aliphatic heterocycles. The van der Waals surface area contributed by atoms with Gasteiger partial charge in [-0.1, -0.05) is 35.5 Å². The molecule has 0 fully saturated rings. The summed E-state index contributed by atoms with van der Waals surface area (Å²) in [6, 6.07) is 11.6. The summed E-state index contributed by atoms with van der Waals surface area (Å²) in [5, 5.41) is 5.21. The van der Waals surface area contributed by atoms with Crippen LogP contribution in [0.15, 0.2) is 51.4 Å². The van der Waals surface area contributed by atoms with Gasteiger partial charge in [0.1, 0.15) is 12.8 Å². The van der Waals surface area contributed by atoms with E-state index in [0.29, 0.717) is 0 Å². The van der Waals surface area contributed by atoms with Crippen LogP contribution < -0.4 is 5.56 Å². The molecule has 108 valence electrons. The summed E-state index contributed by atoms with van der Waals surface area (Å²) < 4.78 is 1.82. The molecule has 0 atom stereocenters. The van der Waals surface area contributed by atoms with E-state index in [1.165, 1.54) is 0 Å². The van der Waals surface area contributed by atoms with Gasteiger partial charge < -0.3 is 9.40 Å². The van der Waals surface area contributed by atoms with Gasteiger partial charge in [0.25, 0.3) is 5.56 Å². The highest BCUT2D eigenvalue weighted by molar-refractivity contribution is 7.99. The normalized spacial score (nSPS) is 14.1. The Morgan fingerprint density at radius 3 is 2.81 bits per heavy atom. The Balaban J connectivity index is 2.25. The summed E-state index contributed by atoms with van der Waals surface area (Å²) >= 11 is 1.70. The van der Waals surface area contributed by atoms with Crippen molar-refractivity contribution in [2.24, 2.45) is 5.16 Å². The Labute approximate surface area is 127 Å². The fourth-order valence-corrected chi connectivity index (χ4v) is 3.76. The maximum atomic E-state index is 12.1. The van der Waals surface area contributed by atoms with Crippen LogP contribution in [0.4, 0.5) is 0 Å². The minimum atomic E-state index is 0.0566. The Hall–Kier alpha value is -2.01. The van der Waals surface area contributed by atoms with Crippen molar-refractivity contribution < 1.29 is 4.84 Å². The van der Waals surface area contributed by atoms with Gasteiger partial charge in [-0.25, -0.2) is 0 Å². The van der Waals surface area contributed by atoms with Gasteiger partial charge in [-0.2, -0.15) is 0 Å². The smallest absolute Gasteiger partial charge is 0.251 e. The van der Waals surface area contributed by atoms with Crippen molar-refractivity contribution in [1.82, 2.24) is 4.57 Å². The molecule has 0 unspecified atom stereocenters. The van der Waals surface area contributed by atoms with Crippen LogP contribution in [0.1, 0.15) is 16.7 Å². The van der Waals surface area contributed by atoms with Crippen molar-refractivity contribution in [3.8, 4) is 0 Å². The van der Waals surface area contributed by atoms with E-state index in [-0.39, 0.29) is 5.56 Å². The van der Waals surface area contributed by atoms with Crippen LogP contribution in [0, 0.1) is 6.92 Å². The van der Waals surface area contributed by atoms with Gasteiger partial charge in [-0.15, -0.1) is 11.8 Å². The average molecular weight is 300 g/mol. The summed E-state index contributed by atoms with van der Waals surface area (Å²) in [5.74, 6) is 0.917. The van der Waals surface area contributed by atoms with Crippen molar-refractivity contribution in [3.63, 3.8) is 0 Å². The van der Waals surface area contributed by atoms with E-state index in [2.05, 4.69) is 5.16 Å². The van der Waals surface area contributed by atoms with Crippen LogP contribution in [0.2, 0.25) is 0 Å². The first-order valence-electron chi connectivity index (χ1n) is 6.76. The second-order valence-electron chi connectivity index (χ2n) is 4.83. The molecular weight excluding hydrogens is 284 g/mol. The number of thioether (sulfide) groups is 1. The number of rotatable bonds is 3. The second kappa shape index (κ2) is 5.77. The van der Waals surface area contributed by atoms with Crippen molar-refractivity contribution in [3.05, 3.63) is 63.4 Å². The Morgan fingerprint density at radius 2 is 2.10 bits per heavy atom. The standard InChI is InChI=1S/C16H16N2O2S/c1-11-10-13(19)18-8-9-21-16(18)14(11)15(17-20-2)12-6-4-3-5-7-12/h3-7,10H,8-9H2,1-2H3. The van der Waals surface area contributed by atoms with E-state index in [1.54, 1.807) is 24.9 Å². The number of hydrogen-bond donors (Lipinski definition) is 0. The van der Waals surface area contributed by atoms with E-state index in [1.807, 2.05) is 41.8 Å². The molecule has 21 heavy (non-hydrogen) atoms. The third-order valence-corrected chi connectivity index (χ3v) is 4.56. The maximum absolute atomic E-state index is 12.1. The first-order chi connectivity index (χ1) is 10.2. The van der Waals surface area contributed by atoms with E-state index >= 15 is 0 Å². The molecule has 0 spiro atoms. The predicted molar refractivity (Wildman–Crippen MR) is 85.3 cm³/mol. The van der Waals surface area contributed by atoms with Gasteiger partial charge in [0.2, 0.25) is 0 Å². The molecular formula is C16H16N2O2S. The first-order valence-corrected chi connectivity index (χ1v) is 7.75. The summed E-state index contributed by atoms with van der Waals surface area (Å²) in [7, 11) is 1.54. The number of pyridine rings is 1. The van der Waals surface area contributed by atoms with Crippen LogP contribution >= 0.6 is 11.8 Å². The highest BCUT2D eigenvalue weighted by Crippen LogP contribution is 2.31. The maximum Gasteiger partial charge on any atom is 0.251 e. The predicted octanol–water partition coefficient (Wildman–Crippen LogP) is 2.66. The summed E-state index contributed by atoms with van der Waals surface area (Å²) in [5.41, 5.74) is 3.73. The Morgan fingerprint density at radius 1 is 1.33 bits per heavy atom. The number of fused-ring (bicyclic) bond motifs is 1. The number of aromatic nitrogens is 1. The summed E-state index contributed by atoms with van der Waals surface area (Å²) in [6.45, 7) is 2.70. The number of benzene rings is 1. The van der Waals surface area contributed by atoms with Crippen LogP contribution in [0.25, 0.3) is 0 Å². The highest BCUT2D eigenvalue weighted by Gasteiger charge is 2.23. The van der Waals surface area contributed by atoms with Crippen LogP contribution in [0.3, 0.4) is 0 Å². The summed E-state index contributed by atoms with van der Waals surface area (Å²) in [4.78, 5) is 17.1. The molecule has 0 saturated carbocycles. The SMILES string of the molecule is CON=C(c1ccccc1)c1c(C)cc(=O)n2c1SCC2. The molecule has 2 heterocycles. The first kappa shape index (κ1) is 13.9. The summed E-state index contributed by atoms with van der Waals surface area (Å²) in [6.07, 6.45) is 0. The number of aryl methyl sites for hydroxylation is 1. The third-order valence-electron chi connectivity index (χ3n) is 3.48. The minimum absolute atomic E-state index is 0.0566. The number of oxime groups is 1. The van der Waals surface area contributed by atoms with E-state index < -0.39 is 0 Å². The van der Waals surface area contributed by atoms with Gasteiger partial charge in [-0.3, -0.25) is 4.79 Å². The molecule has 0 bridgehead atoms. The lowest BCUT2D eigenvalue weighted by atomic mass is 10.00. The quantitative estimate of drug-likeness (QED) is 0.646. The monoisotopic (exact) mass is 300 g/mol. The number of hydrogen-bond acceptors (Lipinski definition) is 4. The zero-order valence-corrected chi connectivity index (χ0v) is 12.8. The van der Waals surface area contributed by atoms with Gasteiger partial charge in [-0.05, 0) is 12.5 Å². The fraction of sp³-hybridized carbons (Fsp3) is 0.250. The van der Waals surface area contributed by atoms with Crippen LogP contribution in [-0.2, 0) is 11.4 Å². The van der Waals surface area contributed by atoms with Gasteiger partial charge >= 0.3 is 0 Å². The lowest BCUT2D eigenvalue weighted by Crippen LogP contribution is -2.22. The molecule has 0 saturated heterocycles. The lowest BCUT2D eigenvalue weighted by molar-refractivity contribution is 0.214. The minimum Gasteiger partial charge on any atom is -0.399 e. The molecule has 0 N–H and O–H groups in total. The van der Waals surface area contributed by atoms with Gasteiger partial charge in [0, 0.05) is 29.5 Å². The molecule has 0 radical (unpaired) electrons. The molecule has 4 nitrogen and oxygen atoms in total. The van der Waals surface area contributed by atoms with Crippen molar-refractivity contribution in [2.75, 3.05) is 12.9 Å². The largest absolute Gasteiger partial charge is 0.399 e. The molecule has 1 aromatic carbocycles. The van der Waals surface area contributed by atoms with Crippen molar-refractivity contribution in [2.45, 2.75) is 18.5 Å². The lowest BCUT2D eigenvalue weighted by Gasteiger charge is -2.14. The van der Waals surface area contributed by atoms with Crippen LogP contribution in [-0.4, -0.2) is 23.1 Å². The molecule has 1 aromatic heterocycles. The van der Waals surface area contributed by atoms with E-state index in [4.69, 9.17) is 4.84 Å². The zero-order valence-electron chi connectivity index (χ0n) is 12.0. The third kappa shape index (κ3) is 2.49. The van der Waals surface area contributed by atoms with Gasteiger partial charge in [0.15, 0.2) is 0 Å². The molecule has 1 aliphatic rings. The van der Waals surface area contributed by atoms with Crippen molar-refractivity contribution >= 4 is 17.5 Å². The van der Waals surface area contributed by atoms with Crippen molar-refractivity contribution in [1.29, 1.82) is 0 Å². The molecule has 3 rings (SSSR count). The van der Waals surface area contributed by atoms with Crippen LogP contribution in [0.5, 0.6) is 0 Å². The topological polar surface area (TPSA) is 43.6 Å². The molecule has 0 aliphatic carbocycles. The zero-order chi connectivity index (χ0) is 14.8.